The van der Waals surface area contributed by atoms with Crippen molar-refractivity contribution < 1.29 is 33.3 Å². The summed E-state index contributed by atoms with van der Waals surface area (Å²) in [5.74, 6) is 1.14. The van der Waals surface area contributed by atoms with Crippen molar-refractivity contribution >= 4 is 23.8 Å². The lowest BCUT2D eigenvalue weighted by atomic mass is 10.1. The normalized spacial score (nSPS) is 11.6. The number of unbranched alkanes of at least 4 members (excludes halogenated alkanes) is 1. The molecule has 1 amide bonds. The van der Waals surface area contributed by atoms with E-state index in [1.165, 1.54) is 12.1 Å². The van der Waals surface area contributed by atoms with Crippen molar-refractivity contribution in [1.82, 2.24) is 4.90 Å². The van der Waals surface area contributed by atoms with E-state index in [1.807, 2.05) is 12.1 Å². The number of amides is 1. The Labute approximate surface area is 216 Å². The molecular weight excluding hydrogens is 485 g/mol. The lowest BCUT2D eigenvalue weighted by Gasteiger charge is -2.22. The Balaban J connectivity index is 1.86. The highest BCUT2D eigenvalue weighted by molar-refractivity contribution is 7.99. The van der Waals surface area contributed by atoms with Gasteiger partial charge in [0.1, 0.15) is 24.8 Å². The van der Waals surface area contributed by atoms with Crippen LogP contribution in [0.3, 0.4) is 0 Å². The maximum atomic E-state index is 13.1. The third-order valence-electron chi connectivity index (χ3n) is 5.30. The van der Waals surface area contributed by atoms with Gasteiger partial charge in [-0.05, 0) is 54.5 Å². The highest BCUT2D eigenvalue weighted by Crippen LogP contribution is 2.15. The van der Waals surface area contributed by atoms with Gasteiger partial charge in [-0.15, -0.1) is 0 Å². The van der Waals surface area contributed by atoms with Gasteiger partial charge in [0.15, 0.2) is 6.10 Å². The molecule has 1 atom stereocenters. The number of rotatable bonds is 17. The SMILES string of the molecule is CCCCSCCN(CCOc1ccc(CC(OCC)C(=O)O)cc1)C(=O)OCc1ccc(F)cc1. The number of hydrogen-bond donors (Lipinski definition) is 1. The molecule has 198 valence electrons. The van der Waals surface area contributed by atoms with Crippen molar-refractivity contribution in [2.75, 3.05) is 37.8 Å². The molecule has 7 nitrogen and oxygen atoms in total. The predicted octanol–water partition coefficient (Wildman–Crippen LogP) is 5.41. The molecule has 0 radical (unpaired) electrons. The fourth-order valence-electron chi connectivity index (χ4n) is 3.26. The molecule has 36 heavy (non-hydrogen) atoms. The average Bonchev–Trinajstić information content (AvgIpc) is 2.87. The first-order valence-corrected chi connectivity index (χ1v) is 13.4. The summed E-state index contributed by atoms with van der Waals surface area (Å²) in [6, 6.07) is 13.0. The van der Waals surface area contributed by atoms with Crippen molar-refractivity contribution in [3.05, 3.63) is 65.5 Å². The third kappa shape index (κ3) is 11.3. The largest absolute Gasteiger partial charge is 0.492 e. The Morgan fingerprint density at radius 1 is 1.00 bits per heavy atom. The van der Waals surface area contributed by atoms with Gasteiger partial charge < -0.3 is 24.2 Å². The van der Waals surface area contributed by atoms with Crippen molar-refractivity contribution in [3.8, 4) is 5.75 Å². The van der Waals surface area contributed by atoms with Gasteiger partial charge in [0.05, 0.1) is 6.54 Å². The van der Waals surface area contributed by atoms with Crippen molar-refractivity contribution in [2.45, 2.75) is 45.8 Å². The second-order valence-corrected chi connectivity index (χ2v) is 9.34. The molecule has 0 aromatic heterocycles. The number of benzene rings is 2. The smallest absolute Gasteiger partial charge is 0.410 e. The van der Waals surface area contributed by atoms with Gasteiger partial charge >= 0.3 is 12.1 Å². The Morgan fingerprint density at radius 2 is 1.69 bits per heavy atom. The van der Waals surface area contributed by atoms with Gasteiger partial charge in [0, 0.05) is 25.3 Å². The summed E-state index contributed by atoms with van der Waals surface area (Å²) in [5.41, 5.74) is 1.55. The molecule has 2 aromatic carbocycles. The number of carbonyl (C=O) groups is 2. The molecule has 0 heterocycles. The Kier molecular flexibility index (Phi) is 13.8. The lowest BCUT2D eigenvalue weighted by molar-refractivity contribution is -0.149. The molecule has 0 fully saturated rings. The minimum atomic E-state index is -0.989. The number of carbonyl (C=O) groups excluding carboxylic acids is 1. The molecule has 0 saturated carbocycles. The quantitative estimate of drug-likeness (QED) is 0.279. The topological polar surface area (TPSA) is 85.3 Å². The zero-order chi connectivity index (χ0) is 26.2. The molecule has 0 aliphatic rings. The first-order chi connectivity index (χ1) is 17.4. The number of nitrogens with zero attached hydrogens (tertiary/aromatic N) is 1. The number of ether oxygens (including phenoxy) is 3. The van der Waals surface area contributed by atoms with Crippen LogP contribution in [0.1, 0.15) is 37.8 Å². The number of hydrogen-bond acceptors (Lipinski definition) is 6. The van der Waals surface area contributed by atoms with Crippen LogP contribution in [0.25, 0.3) is 0 Å². The molecule has 0 spiro atoms. The van der Waals surface area contributed by atoms with Crippen molar-refractivity contribution in [3.63, 3.8) is 0 Å². The molecule has 0 saturated heterocycles. The number of aliphatic carboxylic acids is 1. The minimum absolute atomic E-state index is 0.0694. The molecule has 0 aliphatic carbocycles. The number of carboxylic acid groups (broad SMARTS) is 1. The van der Waals surface area contributed by atoms with E-state index in [0.717, 1.165) is 29.9 Å². The Morgan fingerprint density at radius 3 is 2.33 bits per heavy atom. The fourth-order valence-corrected chi connectivity index (χ4v) is 4.31. The fraction of sp³-hybridized carbons (Fsp3) is 0.481. The summed E-state index contributed by atoms with van der Waals surface area (Å²) in [6.07, 6.45) is 1.21. The second-order valence-electron chi connectivity index (χ2n) is 8.11. The summed E-state index contributed by atoms with van der Waals surface area (Å²) in [4.78, 5) is 25.6. The van der Waals surface area contributed by atoms with Gasteiger partial charge in [-0.2, -0.15) is 11.8 Å². The van der Waals surface area contributed by atoms with Gasteiger partial charge in [0.2, 0.25) is 0 Å². The van der Waals surface area contributed by atoms with Crippen LogP contribution in [0, 0.1) is 5.82 Å². The van der Waals surface area contributed by atoms with E-state index in [4.69, 9.17) is 14.2 Å². The van der Waals surface area contributed by atoms with Gasteiger partial charge in [-0.3, -0.25) is 0 Å². The molecule has 2 aromatic rings. The maximum Gasteiger partial charge on any atom is 0.410 e. The van der Waals surface area contributed by atoms with E-state index in [0.29, 0.717) is 31.0 Å². The average molecular weight is 522 g/mol. The van der Waals surface area contributed by atoms with E-state index in [2.05, 4.69) is 6.92 Å². The van der Waals surface area contributed by atoms with Crippen LogP contribution < -0.4 is 4.74 Å². The summed E-state index contributed by atoms with van der Waals surface area (Å²) >= 11 is 1.80. The highest BCUT2D eigenvalue weighted by Gasteiger charge is 2.18. The van der Waals surface area contributed by atoms with Crippen LogP contribution >= 0.6 is 11.8 Å². The van der Waals surface area contributed by atoms with E-state index >= 15 is 0 Å². The van der Waals surface area contributed by atoms with Crippen LogP contribution in [-0.2, 0) is 27.3 Å². The van der Waals surface area contributed by atoms with Crippen LogP contribution in [0.15, 0.2) is 48.5 Å². The van der Waals surface area contributed by atoms with Gasteiger partial charge in [-0.25, -0.2) is 14.0 Å². The predicted molar refractivity (Wildman–Crippen MR) is 139 cm³/mol. The zero-order valence-corrected chi connectivity index (χ0v) is 21.8. The molecule has 1 N–H and O–H groups in total. The first kappa shape index (κ1) is 29.5. The van der Waals surface area contributed by atoms with Crippen LogP contribution in [0.4, 0.5) is 9.18 Å². The number of thioether (sulfide) groups is 1. The van der Waals surface area contributed by atoms with Gasteiger partial charge in [0.25, 0.3) is 0 Å². The molecule has 9 heteroatoms. The molecule has 2 rings (SSSR count). The second kappa shape index (κ2) is 16.8. The Hall–Kier alpha value is -2.78. The van der Waals surface area contributed by atoms with E-state index < -0.39 is 18.2 Å². The molecule has 0 bridgehead atoms. The summed E-state index contributed by atoms with van der Waals surface area (Å²) in [7, 11) is 0. The van der Waals surface area contributed by atoms with Gasteiger partial charge in [-0.1, -0.05) is 37.6 Å². The first-order valence-electron chi connectivity index (χ1n) is 12.2. The number of carboxylic acids is 1. The zero-order valence-electron chi connectivity index (χ0n) is 21.0. The number of halogens is 1. The molecular formula is C27H36FNO6S. The monoisotopic (exact) mass is 521 g/mol. The lowest BCUT2D eigenvalue weighted by Crippen LogP contribution is -2.36. The van der Waals surface area contributed by atoms with Crippen LogP contribution in [0.2, 0.25) is 0 Å². The minimum Gasteiger partial charge on any atom is -0.492 e. The van der Waals surface area contributed by atoms with E-state index in [9.17, 15) is 19.1 Å². The summed E-state index contributed by atoms with van der Waals surface area (Å²) in [5, 5.41) is 9.24. The molecule has 1 unspecified atom stereocenters. The van der Waals surface area contributed by atoms with Crippen LogP contribution in [-0.4, -0.2) is 66.0 Å². The standard InChI is InChI=1S/C27H36FNO6S/c1-3-5-17-36-18-15-29(27(32)35-20-22-6-10-23(28)11-7-22)14-16-34-24-12-8-21(9-13-24)19-25(26(30)31)33-4-2/h6-13,25H,3-5,14-20H2,1-2H3,(H,30,31). The Bertz CT molecular complexity index is 909. The highest BCUT2D eigenvalue weighted by atomic mass is 32.2. The summed E-state index contributed by atoms with van der Waals surface area (Å²) < 4.78 is 29.6. The van der Waals surface area contributed by atoms with Crippen LogP contribution in [0.5, 0.6) is 5.75 Å². The third-order valence-corrected chi connectivity index (χ3v) is 6.35. The van der Waals surface area contributed by atoms with Crippen molar-refractivity contribution in [1.29, 1.82) is 0 Å². The van der Waals surface area contributed by atoms with E-state index in [-0.39, 0.29) is 25.5 Å². The summed E-state index contributed by atoms with van der Waals surface area (Å²) in [6.45, 7) is 5.47. The maximum absolute atomic E-state index is 13.1. The molecule has 0 aliphatic heterocycles. The van der Waals surface area contributed by atoms with Crippen molar-refractivity contribution in [2.24, 2.45) is 0 Å². The van der Waals surface area contributed by atoms with E-state index in [1.54, 1.807) is 47.9 Å².